The first kappa shape index (κ1) is 22.1. The summed E-state index contributed by atoms with van der Waals surface area (Å²) in [7, 11) is 0. The molecule has 2 aromatic rings. The molecule has 6 heteroatoms. The summed E-state index contributed by atoms with van der Waals surface area (Å²) in [6, 6.07) is 14.0. The first-order valence-corrected chi connectivity index (χ1v) is 11.2. The smallest absolute Gasteiger partial charge is 0.295 e. The van der Waals surface area contributed by atoms with Gasteiger partial charge in [-0.1, -0.05) is 48.9 Å². The van der Waals surface area contributed by atoms with E-state index in [0.29, 0.717) is 25.3 Å². The van der Waals surface area contributed by atoms with E-state index in [9.17, 15) is 14.7 Å². The SMILES string of the molecule is CCCOc1ccc(C2/C(=C(/O)c3ccc(C)cc3)C(=O)C(=O)N2CC2CCCO2)cc1. The lowest BCUT2D eigenvalue weighted by atomic mass is 9.95. The van der Waals surface area contributed by atoms with Crippen LogP contribution < -0.4 is 4.74 Å². The van der Waals surface area contributed by atoms with Gasteiger partial charge in [0.1, 0.15) is 11.5 Å². The van der Waals surface area contributed by atoms with Crippen molar-refractivity contribution < 1.29 is 24.2 Å². The van der Waals surface area contributed by atoms with Crippen LogP contribution in [0.3, 0.4) is 0 Å². The topological polar surface area (TPSA) is 76.1 Å². The Hall–Kier alpha value is -3.12. The molecule has 2 aliphatic rings. The molecule has 0 aliphatic carbocycles. The molecule has 2 saturated heterocycles. The van der Waals surface area contributed by atoms with Crippen molar-refractivity contribution in [3.8, 4) is 5.75 Å². The number of likely N-dealkylation sites (tertiary alicyclic amines) is 1. The fourth-order valence-corrected chi connectivity index (χ4v) is 4.26. The van der Waals surface area contributed by atoms with Crippen LogP contribution in [0.25, 0.3) is 5.76 Å². The van der Waals surface area contributed by atoms with Crippen molar-refractivity contribution in [2.24, 2.45) is 0 Å². The van der Waals surface area contributed by atoms with Gasteiger partial charge in [0.2, 0.25) is 0 Å². The Labute approximate surface area is 188 Å². The van der Waals surface area contributed by atoms with Crippen LogP contribution in [-0.2, 0) is 14.3 Å². The first-order chi connectivity index (χ1) is 15.5. The van der Waals surface area contributed by atoms with Crippen LogP contribution in [0.4, 0.5) is 0 Å². The van der Waals surface area contributed by atoms with Crippen molar-refractivity contribution in [1.29, 1.82) is 0 Å². The predicted molar refractivity (Wildman–Crippen MR) is 121 cm³/mol. The Bertz CT molecular complexity index is 1000. The lowest BCUT2D eigenvalue weighted by Gasteiger charge is -2.27. The minimum atomic E-state index is -0.680. The molecule has 6 nitrogen and oxygen atoms in total. The molecule has 0 bridgehead atoms. The van der Waals surface area contributed by atoms with Gasteiger partial charge in [-0.2, -0.15) is 0 Å². The van der Waals surface area contributed by atoms with E-state index in [4.69, 9.17) is 9.47 Å². The fourth-order valence-electron chi connectivity index (χ4n) is 4.26. The van der Waals surface area contributed by atoms with Crippen LogP contribution >= 0.6 is 0 Å². The quantitative estimate of drug-likeness (QED) is 0.397. The predicted octanol–water partition coefficient (Wildman–Crippen LogP) is 4.38. The second-order valence-electron chi connectivity index (χ2n) is 8.37. The molecule has 4 rings (SSSR count). The standard InChI is InChI=1S/C26H29NO5/c1-3-14-31-20-12-10-18(11-13-20)23-22(24(28)19-8-6-17(2)7-9-19)25(29)26(30)27(23)16-21-5-4-15-32-21/h6-13,21,23,28H,3-5,14-16H2,1-2H3/b24-22-. The third kappa shape index (κ3) is 4.41. The molecule has 2 unspecified atom stereocenters. The van der Waals surface area contributed by atoms with Crippen molar-refractivity contribution in [2.75, 3.05) is 19.8 Å². The van der Waals surface area contributed by atoms with Crippen molar-refractivity contribution in [1.82, 2.24) is 4.90 Å². The number of rotatable bonds is 7. The van der Waals surface area contributed by atoms with Gasteiger partial charge in [-0.05, 0) is 43.9 Å². The van der Waals surface area contributed by atoms with Crippen LogP contribution in [0.5, 0.6) is 5.75 Å². The highest BCUT2D eigenvalue weighted by Gasteiger charge is 2.47. The number of ether oxygens (including phenoxy) is 2. The molecule has 0 saturated carbocycles. The van der Waals surface area contributed by atoms with Gasteiger partial charge >= 0.3 is 0 Å². The normalized spacial score (nSPS) is 22.5. The Kier molecular flexibility index (Phi) is 6.61. The molecule has 1 amide bonds. The number of Topliss-reactive ketones (excluding diaryl/α,β-unsaturated/α-hetero) is 1. The van der Waals surface area contributed by atoms with Crippen LogP contribution in [0.15, 0.2) is 54.1 Å². The molecule has 2 heterocycles. The van der Waals surface area contributed by atoms with Gasteiger partial charge in [-0.3, -0.25) is 9.59 Å². The number of aliphatic hydroxyl groups excluding tert-OH is 1. The highest BCUT2D eigenvalue weighted by atomic mass is 16.5. The van der Waals surface area contributed by atoms with Crippen LogP contribution in [0, 0.1) is 6.92 Å². The fraction of sp³-hybridized carbons (Fsp3) is 0.385. The monoisotopic (exact) mass is 435 g/mol. The highest BCUT2D eigenvalue weighted by Crippen LogP contribution is 2.40. The molecule has 2 aromatic carbocycles. The van der Waals surface area contributed by atoms with Gasteiger partial charge in [-0.15, -0.1) is 0 Å². The Morgan fingerprint density at radius 1 is 1.12 bits per heavy atom. The number of carbonyl (C=O) groups is 2. The summed E-state index contributed by atoms with van der Waals surface area (Å²) in [5.74, 6) is -0.706. The van der Waals surface area contributed by atoms with Crippen LogP contribution in [0.2, 0.25) is 0 Å². The maximum Gasteiger partial charge on any atom is 0.295 e. The zero-order valence-corrected chi connectivity index (χ0v) is 18.5. The average molecular weight is 436 g/mol. The number of aryl methyl sites for hydroxylation is 1. The van der Waals surface area contributed by atoms with Crippen molar-refractivity contribution in [3.63, 3.8) is 0 Å². The zero-order chi connectivity index (χ0) is 22.7. The molecule has 0 spiro atoms. The second-order valence-corrected chi connectivity index (χ2v) is 8.37. The maximum absolute atomic E-state index is 13.1. The highest BCUT2D eigenvalue weighted by molar-refractivity contribution is 6.46. The third-order valence-corrected chi connectivity index (χ3v) is 5.96. The number of nitrogens with zero attached hydrogens (tertiary/aromatic N) is 1. The largest absolute Gasteiger partial charge is 0.507 e. The summed E-state index contributed by atoms with van der Waals surface area (Å²) in [5.41, 5.74) is 2.41. The van der Waals surface area contributed by atoms with Gasteiger partial charge in [0, 0.05) is 18.7 Å². The van der Waals surface area contributed by atoms with E-state index in [1.54, 1.807) is 17.0 Å². The van der Waals surface area contributed by atoms with Gasteiger partial charge in [0.25, 0.3) is 11.7 Å². The summed E-state index contributed by atoms with van der Waals surface area (Å²) in [4.78, 5) is 27.7. The number of carbonyl (C=O) groups excluding carboxylic acids is 2. The van der Waals surface area contributed by atoms with Crippen molar-refractivity contribution in [3.05, 3.63) is 70.8 Å². The number of ketones is 1. The van der Waals surface area contributed by atoms with E-state index in [1.807, 2.05) is 50.2 Å². The second kappa shape index (κ2) is 9.57. The number of amides is 1. The Balaban J connectivity index is 1.75. The van der Waals surface area contributed by atoms with Crippen LogP contribution in [0.1, 0.15) is 48.9 Å². The minimum Gasteiger partial charge on any atom is -0.507 e. The lowest BCUT2D eigenvalue weighted by molar-refractivity contribution is -0.140. The third-order valence-electron chi connectivity index (χ3n) is 5.96. The molecule has 1 N–H and O–H groups in total. The molecule has 2 fully saturated rings. The number of hydrogen-bond acceptors (Lipinski definition) is 5. The van der Waals surface area contributed by atoms with E-state index in [0.717, 1.165) is 36.1 Å². The lowest BCUT2D eigenvalue weighted by Crippen LogP contribution is -2.36. The molecular formula is C26H29NO5. The molecule has 0 radical (unpaired) electrons. The number of benzene rings is 2. The molecule has 0 aromatic heterocycles. The number of aliphatic hydroxyl groups is 1. The van der Waals surface area contributed by atoms with Crippen molar-refractivity contribution in [2.45, 2.75) is 45.3 Å². The zero-order valence-electron chi connectivity index (χ0n) is 18.5. The molecule has 32 heavy (non-hydrogen) atoms. The average Bonchev–Trinajstić information content (AvgIpc) is 3.40. The summed E-state index contributed by atoms with van der Waals surface area (Å²) in [6.07, 6.45) is 2.57. The summed E-state index contributed by atoms with van der Waals surface area (Å²) in [6.45, 7) is 5.58. The molecule has 2 atom stereocenters. The van der Waals surface area contributed by atoms with E-state index in [-0.39, 0.29) is 17.4 Å². The summed E-state index contributed by atoms with van der Waals surface area (Å²) in [5, 5.41) is 11.1. The van der Waals surface area contributed by atoms with Gasteiger partial charge in [0.15, 0.2) is 0 Å². The van der Waals surface area contributed by atoms with Crippen molar-refractivity contribution >= 4 is 17.4 Å². The van der Waals surface area contributed by atoms with E-state index in [1.165, 1.54) is 0 Å². The van der Waals surface area contributed by atoms with E-state index < -0.39 is 17.7 Å². The van der Waals surface area contributed by atoms with Gasteiger partial charge in [0.05, 0.1) is 24.3 Å². The van der Waals surface area contributed by atoms with Crippen LogP contribution in [-0.4, -0.2) is 47.6 Å². The Morgan fingerprint density at radius 3 is 2.47 bits per heavy atom. The number of hydrogen-bond donors (Lipinski definition) is 1. The molecule has 168 valence electrons. The summed E-state index contributed by atoms with van der Waals surface area (Å²) >= 11 is 0. The van der Waals surface area contributed by atoms with E-state index >= 15 is 0 Å². The molecular weight excluding hydrogens is 406 g/mol. The Morgan fingerprint density at radius 2 is 1.84 bits per heavy atom. The minimum absolute atomic E-state index is 0.109. The summed E-state index contributed by atoms with van der Waals surface area (Å²) < 4.78 is 11.4. The van der Waals surface area contributed by atoms with E-state index in [2.05, 4.69) is 0 Å². The molecule has 2 aliphatic heterocycles. The maximum atomic E-state index is 13.1. The van der Waals surface area contributed by atoms with Gasteiger partial charge < -0.3 is 19.5 Å². The van der Waals surface area contributed by atoms with Gasteiger partial charge in [-0.25, -0.2) is 0 Å². The first-order valence-electron chi connectivity index (χ1n) is 11.2.